The van der Waals surface area contributed by atoms with Crippen molar-refractivity contribution in [1.82, 2.24) is 10.2 Å². The Hall–Kier alpha value is -0.0800. The first kappa shape index (κ1) is 17.0. The van der Waals surface area contributed by atoms with Crippen molar-refractivity contribution in [2.24, 2.45) is 11.8 Å². The first-order valence-corrected chi connectivity index (χ1v) is 8.73. The maximum Gasteiger partial charge on any atom is 0.00912 e. The fraction of sp³-hybridized carbons (Fsp3) is 1.00. The van der Waals surface area contributed by atoms with Crippen LogP contribution in [0.3, 0.4) is 0 Å². The van der Waals surface area contributed by atoms with Crippen LogP contribution >= 0.6 is 0 Å². The molecule has 0 unspecified atom stereocenters. The smallest absolute Gasteiger partial charge is 0.00912 e. The van der Waals surface area contributed by atoms with Gasteiger partial charge in [-0.25, -0.2) is 0 Å². The van der Waals surface area contributed by atoms with Crippen LogP contribution in [0.25, 0.3) is 0 Å². The largest absolute Gasteiger partial charge is 0.314 e. The summed E-state index contributed by atoms with van der Waals surface area (Å²) in [6.45, 7) is 13.8. The van der Waals surface area contributed by atoms with Crippen LogP contribution < -0.4 is 5.32 Å². The lowest BCUT2D eigenvalue weighted by molar-refractivity contribution is 0.147. The average Bonchev–Trinajstić information content (AvgIpc) is 2.46. The van der Waals surface area contributed by atoms with E-state index in [0.717, 1.165) is 24.4 Å². The van der Waals surface area contributed by atoms with Gasteiger partial charge in [0.1, 0.15) is 0 Å². The number of hydrogen-bond donors (Lipinski definition) is 1. The summed E-state index contributed by atoms with van der Waals surface area (Å²) in [6, 6.07) is 0.794. The first-order valence-electron chi connectivity index (χ1n) is 8.73. The number of nitrogens with zero attached hydrogens (tertiary/aromatic N) is 1. The van der Waals surface area contributed by atoms with E-state index in [1.54, 1.807) is 0 Å². The van der Waals surface area contributed by atoms with E-state index in [9.17, 15) is 0 Å². The van der Waals surface area contributed by atoms with Gasteiger partial charge in [-0.2, -0.15) is 0 Å². The van der Waals surface area contributed by atoms with Crippen LogP contribution in [0, 0.1) is 11.8 Å². The van der Waals surface area contributed by atoms with E-state index in [4.69, 9.17) is 0 Å². The zero-order valence-corrected chi connectivity index (χ0v) is 13.8. The van der Waals surface area contributed by atoms with Crippen molar-refractivity contribution in [3.8, 4) is 0 Å². The predicted molar refractivity (Wildman–Crippen MR) is 85.6 cm³/mol. The topological polar surface area (TPSA) is 15.3 Å². The summed E-state index contributed by atoms with van der Waals surface area (Å²) < 4.78 is 0. The van der Waals surface area contributed by atoms with E-state index in [-0.39, 0.29) is 0 Å². The lowest BCUT2D eigenvalue weighted by Crippen LogP contribution is -2.44. The second-order valence-corrected chi connectivity index (χ2v) is 6.26. The van der Waals surface area contributed by atoms with Crippen LogP contribution in [0.4, 0.5) is 0 Å². The number of likely N-dealkylation sites (tertiary alicyclic amines) is 1. The Morgan fingerprint density at radius 3 is 2.05 bits per heavy atom. The van der Waals surface area contributed by atoms with Crippen molar-refractivity contribution >= 4 is 0 Å². The SMILES string of the molecule is CC.CCNC1CCN(CC2CCC(C)CC2)CC1. The zero-order valence-electron chi connectivity index (χ0n) is 13.8. The number of nitrogens with one attached hydrogen (secondary N) is 1. The molecule has 0 bridgehead atoms. The Bertz CT molecular complexity index is 201. The van der Waals surface area contributed by atoms with Crippen LogP contribution in [0.1, 0.15) is 66.2 Å². The minimum atomic E-state index is 0.794. The molecular formula is C17H36N2. The molecule has 114 valence electrons. The molecule has 2 heteroatoms. The second-order valence-electron chi connectivity index (χ2n) is 6.26. The summed E-state index contributed by atoms with van der Waals surface area (Å²) >= 11 is 0. The summed E-state index contributed by atoms with van der Waals surface area (Å²) in [5.41, 5.74) is 0. The molecule has 0 amide bonds. The van der Waals surface area contributed by atoms with Gasteiger partial charge in [0.25, 0.3) is 0 Å². The van der Waals surface area contributed by atoms with Crippen LogP contribution in [-0.4, -0.2) is 37.1 Å². The normalized spacial score (nSPS) is 29.7. The molecule has 0 aromatic carbocycles. The highest BCUT2D eigenvalue weighted by atomic mass is 15.1. The average molecular weight is 268 g/mol. The molecule has 1 saturated carbocycles. The summed E-state index contributed by atoms with van der Waals surface area (Å²) in [5, 5.41) is 3.59. The molecule has 0 spiro atoms. The van der Waals surface area contributed by atoms with E-state index < -0.39 is 0 Å². The molecule has 1 heterocycles. The molecular weight excluding hydrogens is 232 g/mol. The van der Waals surface area contributed by atoms with Gasteiger partial charge in [0.15, 0.2) is 0 Å². The molecule has 1 aliphatic carbocycles. The van der Waals surface area contributed by atoms with E-state index in [1.807, 2.05) is 13.8 Å². The monoisotopic (exact) mass is 268 g/mol. The maximum absolute atomic E-state index is 3.59. The minimum absolute atomic E-state index is 0.794. The van der Waals surface area contributed by atoms with Crippen LogP contribution in [0.2, 0.25) is 0 Å². The molecule has 2 rings (SSSR count). The van der Waals surface area contributed by atoms with Crippen molar-refractivity contribution in [1.29, 1.82) is 0 Å². The third kappa shape index (κ3) is 6.27. The molecule has 2 nitrogen and oxygen atoms in total. The van der Waals surface area contributed by atoms with Crippen molar-refractivity contribution in [3.63, 3.8) is 0 Å². The Balaban J connectivity index is 0.000000861. The Morgan fingerprint density at radius 2 is 1.53 bits per heavy atom. The van der Waals surface area contributed by atoms with Gasteiger partial charge in [0.05, 0.1) is 0 Å². The van der Waals surface area contributed by atoms with Gasteiger partial charge in [0.2, 0.25) is 0 Å². The fourth-order valence-electron chi connectivity index (χ4n) is 3.49. The Morgan fingerprint density at radius 1 is 0.947 bits per heavy atom. The number of hydrogen-bond acceptors (Lipinski definition) is 2. The van der Waals surface area contributed by atoms with Crippen LogP contribution in [0.15, 0.2) is 0 Å². The molecule has 0 aromatic heterocycles. The zero-order chi connectivity index (χ0) is 14.1. The lowest BCUT2D eigenvalue weighted by Gasteiger charge is -2.36. The molecule has 19 heavy (non-hydrogen) atoms. The fourth-order valence-corrected chi connectivity index (χ4v) is 3.49. The van der Waals surface area contributed by atoms with Gasteiger partial charge in [-0.3, -0.25) is 0 Å². The van der Waals surface area contributed by atoms with Gasteiger partial charge in [-0.1, -0.05) is 40.5 Å². The molecule has 0 atom stereocenters. The van der Waals surface area contributed by atoms with Gasteiger partial charge in [0, 0.05) is 12.6 Å². The van der Waals surface area contributed by atoms with Crippen molar-refractivity contribution in [3.05, 3.63) is 0 Å². The van der Waals surface area contributed by atoms with Crippen molar-refractivity contribution in [2.45, 2.75) is 72.3 Å². The third-order valence-corrected chi connectivity index (χ3v) is 4.73. The standard InChI is InChI=1S/C15H30N2.C2H6/c1-3-16-15-8-10-17(11-9-15)12-14-6-4-13(2)5-7-14;1-2/h13-16H,3-12H2,1-2H3;1-2H3. The van der Waals surface area contributed by atoms with Crippen LogP contribution in [0.5, 0.6) is 0 Å². The molecule has 0 aromatic rings. The van der Waals surface area contributed by atoms with E-state index >= 15 is 0 Å². The van der Waals surface area contributed by atoms with Gasteiger partial charge < -0.3 is 10.2 Å². The minimum Gasteiger partial charge on any atom is -0.314 e. The molecule has 2 fully saturated rings. The molecule has 1 saturated heterocycles. The van der Waals surface area contributed by atoms with Gasteiger partial charge >= 0.3 is 0 Å². The van der Waals surface area contributed by atoms with E-state index in [1.165, 1.54) is 58.2 Å². The Labute approximate surface area is 121 Å². The first-order chi connectivity index (χ1) is 9.28. The number of piperidine rings is 1. The highest BCUT2D eigenvalue weighted by Gasteiger charge is 2.23. The lowest BCUT2D eigenvalue weighted by atomic mass is 9.82. The molecule has 2 aliphatic rings. The highest BCUT2D eigenvalue weighted by Crippen LogP contribution is 2.29. The second kappa shape index (κ2) is 9.77. The Kier molecular flexibility index (Phi) is 8.72. The third-order valence-electron chi connectivity index (χ3n) is 4.73. The van der Waals surface area contributed by atoms with Crippen LogP contribution in [-0.2, 0) is 0 Å². The quantitative estimate of drug-likeness (QED) is 0.831. The van der Waals surface area contributed by atoms with Gasteiger partial charge in [-0.05, 0) is 57.2 Å². The maximum atomic E-state index is 3.59. The van der Waals surface area contributed by atoms with E-state index in [0.29, 0.717) is 0 Å². The van der Waals surface area contributed by atoms with Crippen molar-refractivity contribution < 1.29 is 0 Å². The van der Waals surface area contributed by atoms with Gasteiger partial charge in [-0.15, -0.1) is 0 Å². The molecule has 1 aliphatic heterocycles. The number of rotatable bonds is 4. The highest BCUT2D eigenvalue weighted by molar-refractivity contribution is 4.79. The van der Waals surface area contributed by atoms with Crippen molar-refractivity contribution in [2.75, 3.05) is 26.2 Å². The summed E-state index contributed by atoms with van der Waals surface area (Å²) in [5.74, 6) is 1.99. The summed E-state index contributed by atoms with van der Waals surface area (Å²) in [4.78, 5) is 2.72. The van der Waals surface area contributed by atoms with E-state index in [2.05, 4.69) is 24.1 Å². The summed E-state index contributed by atoms with van der Waals surface area (Å²) in [6.07, 6.45) is 8.62. The molecule has 1 N–H and O–H groups in total. The predicted octanol–water partition coefficient (Wildman–Crippen LogP) is 3.91. The summed E-state index contributed by atoms with van der Waals surface area (Å²) in [7, 11) is 0. The molecule has 0 radical (unpaired) electrons.